The summed E-state index contributed by atoms with van der Waals surface area (Å²) in [6.45, 7) is 2.23. The SMILES string of the molecule is CCCCCCCCCC1CC(=O)OC1=S. The summed E-state index contributed by atoms with van der Waals surface area (Å²) in [7, 11) is 0. The van der Waals surface area contributed by atoms with Crippen LogP contribution in [0.3, 0.4) is 0 Å². The van der Waals surface area contributed by atoms with Gasteiger partial charge >= 0.3 is 5.97 Å². The minimum absolute atomic E-state index is 0.141. The molecule has 1 heterocycles. The van der Waals surface area contributed by atoms with Crippen molar-refractivity contribution in [3.63, 3.8) is 0 Å². The molecular formula is C13H22O2S. The molecule has 2 nitrogen and oxygen atoms in total. The Morgan fingerprint density at radius 2 is 1.81 bits per heavy atom. The van der Waals surface area contributed by atoms with E-state index < -0.39 is 0 Å². The molecule has 0 saturated carbocycles. The van der Waals surface area contributed by atoms with Gasteiger partial charge in [-0.3, -0.25) is 4.79 Å². The van der Waals surface area contributed by atoms with Crippen molar-refractivity contribution in [1.29, 1.82) is 0 Å². The largest absolute Gasteiger partial charge is 0.419 e. The van der Waals surface area contributed by atoms with E-state index in [1.807, 2.05) is 0 Å². The maximum atomic E-state index is 11.0. The van der Waals surface area contributed by atoms with E-state index in [1.54, 1.807) is 0 Å². The fourth-order valence-corrected chi connectivity index (χ4v) is 2.38. The van der Waals surface area contributed by atoms with E-state index in [9.17, 15) is 4.79 Å². The topological polar surface area (TPSA) is 26.3 Å². The van der Waals surface area contributed by atoms with Crippen molar-refractivity contribution in [3.8, 4) is 0 Å². The normalized spacial score (nSPS) is 20.2. The molecule has 1 unspecified atom stereocenters. The number of cyclic esters (lactones) is 1. The van der Waals surface area contributed by atoms with Crippen LogP contribution in [0.5, 0.6) is 0 Å². The Hall–Kier alpha value is -0.440. The fraction of sp³-hybridized carbons (Fsp3) is 0.846. The summed E-state index contributed by atoms with van der Waals surface area (Å²) in [4.78, 5) is 11.0. The Labute approximate surface area is 104 Å². The maximum Gasteiger partial charge on any atom is 0.312 e. The van der Waals surface area contributed by atoms with Gasteiger partial charge in [-0.25, -0.2) is 0 Å². The zero-order valence-electron chi connectivity index (χ0n) is 10.2. The molecule has 16 heavy (non-hydrogen) atoms. The third kappa shape index (κ3) is 5.06. The molecule has 1 aliphatic heterocycles. The highest BCUT2D eigenvalue weighted by atomic mass is 32.1. The van der Waals surface area contributed by atoms with E-state index in [2.05, 4.69) is 6.92 Å². The van der Waals surface area contributed by atoms with Gasteiger partial charge in [-0.1, -0.05) is 51.9 Å². The van der Waals surface area contributed by atoms with Crippen molar-refractivity contribution in [2.24, 2.45) is 5.92 Å². The Morgan fingerprint density at radius 1 is 1.19 bits per heavy atom. The van der Waals surface area contributed by atoms with Gasteiger partial charge in [0.1, 0.15) is 0 Å². The Balaban J connectivity index is 1.95. The van der Waals surface area contributed by atoms with Gasteiger partial charge in [0.25, 0.3) is 0 Å². The highest BCUT2D eigenvalue weighted by Crippen LogP contribution is 2.23. The number of carbonyl (C=O) groups excluding carboxylic acids is 1. The third-order valence-electron chi connectivity index (χ3n) is 3.12. The van der Waals surface area contributed by atoms with Gasteiger partial charge in [0.15, 0.2) is 5.05 Å². The summed E-state index contributed by atoms with van der Waals surface area (Å²) in [5, 5.41) is 0.524. The quantitative estimate of drug-likeness (QED) is 0.365. The van der Waals surface area contributed by atoms with Gasteiger partial charge in [0.2, 0.25) is 0 Å². The number of rotatable bonds is 8. The average molecular weight is 242 g/mol. The van der Waals surface area contributed by atoms with Crippen LogP contribution in [0.25, 0.3) is 0 Å². The summed E-state index contributed by atoms with van der Waals surface area (Å²) in [5.74, 6) is 0.0797. The van der Waals surface area contributed by atoms with Crippen molar-refractivity contribution in [2.75, 3.05) is 0 Å². The molecule has 3 heteroatoms. The van der Waals surface area contributed by atoms with Crippen molar-refractivity contribution in [2.45, 2.75) is 64.7 Å². The Bertz CT molecular complexity index is 238. The Kier molecular flexibility index (Phi) is 6.62. The molecule has 1 rings (SSSR count). The number of unbranched alkanes of at least 4 members (excludes halogenated alkanes) is 6. The van der Waals surface area contributed by atoms with E-state index in [0.717, 1.165) is 6.42 Å². The molecule has 0 aliphatic carbocycles. The van der Waals surface area contributed by atoms with Crippen molar-refractivity contribution in [3.05, 3.63) is 0 Å². The predicted octanol–water partition coefficient (Wildman–Crippen LogP) is 4.02. The van der Waals surface area contributed by atoms with Gasteiger partial charge in [0, 0.05) is 5.92 Å². The molecule has 1 aliphatic rings. The number of esters is 1. The molecule has 1 atom stereocenters. The van der Waals surface area contributed by atoms with Gasteiger partial charge in [0.05, 0.1) is 6.42 Å². The molecule has 0 amide bonds. The summed E-state index contributed by atoms with van der Waals surface area (Å²) in [6.07, 6.45) is 10.6. The monoisotopic (exact) mass is 242 g/mol. The summed E-state index contributed by atoms with van der Waals surface area (Å²) in [6, 6.07) is 0. The van der Waals surface area contributed by atoms with Crippen LogP contribution in [-0.2, 0) is 9.53 Å². The average Bonchev–Trinajstić information content (AvgIpc) is 2.56. The lowest BCUT2D eigenvalue weighted by molar-refractivity contribution is -0.133. The van der Waals surface area contributed by atoms with Crippen LogP contribution in [0.2, 0.25) is 0 Å². The van der Waals surface area contributed by atoms with Crippen LogP contribution in [0.1, 0.15) is 64.7 Å². The molecule has 0 N–H and O–H groups in total. The summed E-state index contributed by atoms with van der Waals surface area (Å²) >= 11 is 5.01. The molecule has 92 valence electrons. The van der Waals surface area contributed by atoms with Crippen LogP contribution in [0, 0.1) is 5.92 Å². The predicted molar refractivity (Wildman–Crippen MR) is 69.4 cm³/mol. The molecular weight excluding hydrogens is 220 g/mol. The smallest absolute Gasteiger partial charge is 0.312 e. The number of thiocarbonyl (C=S) groups is 1. The molecule has 1 saturated heterocycles. The minimum atomic E-state index is -0.141. The Morgan fingerprint density at radius 3 is 2.38 bits per heavy atom. The summed E-state index contributed by atoms with van der Waals surface area (Å²) < 4.78 is 4.88. The second kappa shape index (κ2) is 7.77. The van der Waals surface area contributed by atoms with Gasteiger partial charge in [-0.2, -0.15) is 0 Å². The maximum absolute atomic E-state index is 11.0. The zero-order chi connectivity index (χ0) is 11.8. The van der Waals surface area contributed by atoms with Crippen LogP contribution in [0.4, 0.5) is 0 Å². The summed E-state index contributed by atoms with van der Waals surface area (Å²) in [5.41, 5.74) is 0. The lowest BCUT2D eigenvalue weighted by Gasteiger charge is -2.05. The van der Waals surface area contributed by atoms with E-state index in [0.29, 0.717) is 11.5 Å². The van der Waals surface area contributed by atoms with Crippen LogP contribution in [0.15, 0.2) is 0 Å². The van der Waals surface area contributed by atoms with Crippen LogP contribution >= 0.6 is 12.2 Å². The van der Waals surface area contributed by atoms with Gasteiger partial charge < -0.3 is 4.74 Å². The first-order valence-corrected chi connectivity index (χ1v) is 6.89. The zero-order valence-corrected chi connectivity index (χ0v) is 11.0. The first-order valence-electron chi connectivity index (χ1n) is 6.48. The molecule has 0 aromatic heterocycles. The number of hydrogen-bond donors (Lipinski definition) is 0. The first kappa shape index (κ1) is 13.6. The van der Waals surface area contributed by atoms with E-state index >= 15 is 0 Å². The lowest BCUT2D eigenvalue weighted by atomic mass is 9.99. The van der Waals surface area contributed by atoms with Crippen LogP contribution < -0.4 is 0 Å². The van der Waals surface area contributed by atoms with Gasteiger partial charge in [-0.05, 0) is 18.6 Å². The van der Waals surface area contributed by atoms with E-state index in [4.69, 9.17) is 17.0 Å². The van der Waals surface area contributed by atoms with Crippen LogP contribution in [-0.4, -0.2) is 11.0 Å². The minimum Gasteiger partial charge on any atom is -0.419 e. The molecule has 0 aromatic rings. The van der Waals surface area contributed by atoms with Crippen molar-refractivity contribution in [1.82, 2.24) is 0 Å². The van der Waals surface area contributed by atoms with E-state index in [1.165, 1.54) is 44.9 Å². The highest BCUT2D eigenvalue weighted by molar-refractivity contribution is 7.80. The lowest BCUT2D eigenvalue weighted by Crippen LogP contribution is -2.04. The third-order valence-corrected chi connectivity index (χ3v) is 3.53. The second-order valence-electron chi connectivity index (χ2n) is 4.60. The van der Waals surface area contributed by atoms with Gasteiger partial charge in [-0.15, -0.1) is 0 Å². The number of ether oxygens (including phenoxy) is 1. The second-order valence-corrected chi connectivity index (χ2v) is 5.01. The number of hydrogen-bond acceptors (Lipinski definition) is 3. The number of carbonyl (C=O) groups is 1. The standard InChI is InChI=1S/C13H22O2S/c1-2-3-4-5-6-7-8-9-11-10-12(14)15-13(11)16/h11H,2-10H2,1H3. The molecule has 0 aromatic carbocycles. The highest BCUT2D eigenvalue weighted by Gasteiger charge is 2.28. The van der Waals surface area contributed by atoms with Crippen molar-refractivity contribution < 1.29 is 9.53 Å². The van der Waals surface area contributed by atoms with Crippen molar-refractivity contribution >= 4 is 23.2 Å². The molecule has 0 bridgehead atoms. The molecule has 1 fully saturated rings. The molecule has 0 radical (unpaired) electrons. The van der Waals surface area contributed by atoms with E-state index in [-0.39, 0.29) is 11.9 Å². The fourth-order valence-electron chi connectivity index (χ4n) is 2.09. The first-order chi connectivity index (χ1) is 7.74. The molecule has 0 spiro atoms.